The molecule has 0 heterocycles. The fourth-order valence-electron chi connectivity index (χ4n) is 1.60. The highest BCUT2D eigenvalue weighted by atomic mass is 35.5. The molecule has 0 amide bonds. The second-order valence-corrected chi connectivity index (χ2v) is 4.90. The van der Waals surface area contributed by atoms with E-state index in [4.69, 9.17) is 11.6 Å². The Morgan fingerprint density at radius 2 is 1.88 bits per heavy atom. The second-order valence-electron chi connectivity index (χ2n) is 4.46. The summed E-state index contributed by atoms with van der Waals surface area (Å²) in [6.45, 7) is 1.29. The summed E-state index contributed by atoms with van der Waals surface area (Å²) in [7, 11) is 0. The van der Waals surface area contributed by atoms with E-state index < -0.39 is 17.1 Å². The number of hydrogen-bond acceptors (Lipinski definition) is 1. The molecule has 0 bridgehead atoms. The van der Waals surface area contributed by atoms with Crippen LogP contribution in [-0.2, 0) is 4.79 Å². The SMILES string of the molecule is CC1(C(=O)/C=C/c2ccc(Cl)cc2)CC1(F)F. The third-order valence-corrected chi connectivity index (χ3v) is 3.35. The van der Waals surface area contributed by atoms with Gasteiger partial charge in [-0.15, -0.1) is 0 Å². The Balaban J connectivity index is 2.07. The van der Waals surface area contributed by atoms with Crippen LogP contribution in [0.3, 0.4) is 0 Å². The van der Waals surface area contributed by atoms with E-state index in [-0.39, 0.29) is 6.42 Å². The molecule has 1 nitrogen and oxygen atoms in total. The van der Waals surface area contributed by atoms with E-state index >= 15 is 0 Å². The molecule has 0 aliphatic heterocycles. The molecule has 4 heteroatoms. The molecule has 0 aromatic heterocycles. The lowest BCUT2D eigenvalue weighted by Crippen LogP contribution is -2.16. The third kappa shape index (κ3) is 2.25. The summed E-state index contributed by atoms with van der Waals surface area (Å²) in [5.74, 6) is -3.38. The zero-order valence-corrected chi connectivity index (χ0v) is 9.97. The van der Waals surface area contributed by atoms with E-state index in [2.05, 4.69) is 0 Å². The van der Waals surface area contributed by atoms with Gasteiger partial charge >= 0.3 is 0 Å². The Morgan fingerprint density at radius 1 is 1.35 bits per heavy atom. The van der Waals surface area contributed by atoms with Crippen molar-refractivity contribution in [1.82, 2.24) is 0 Å². The summed E-state index contributed by atoms with van der Waals surface area (Å²) < 4.78 is 25.9. The zero-order valence-electron chi connectivity index (χ0n) is 9.21. The van der Waals surface area contributed by atoms with E-state index in [0.29, 0.717) is 5.02 Å². The fourth-order valence-corrected chi connectivity index (χ4v) is 1.72. The molecule has 1 aromatic carbocycles. The summed E-state index contributed by atoms with van der Waals surface area (Å²) in [6, 6.07) is 6.80. The summed E-state index contributed by atoms with van der Waals surface area (Å²) in [5.41, 5.74) is -0.744. The molecule has 1 fully saturated rings. The molecule has 0 N–H and O–H groups in total. The lowest BCUT2D eigenvalue weighted by Gasteiger charge is -2.04. The Hall–Kier alpha value is -1.22. The van der Waals surface area contributed by atoms with Gasteiger partial charge < -0.3 is 0 Å². The zero-order chi connectivity index (χ0) is 12.7. The molecule has 0 saturated heterocycles. The molecular formula is C13H11ClF2O. The van der Waals surface area contributed by atoms with Crippen LogP contribution in [0, 0.1) is 5.41 Å². The summed E-state index contributed by atoms with van der Waals surface area (Å²) in [5, 5.41) is 0.592. The van der Waals surface area contributed by atoms with Crippen LogP contribution in [0.5, 0.6) is 0 Å². The number of carbonyl (C=O) groups is 1. The van der Waals surface area contributed by atoms with E-state index in [9.17, 15) is 13.6 Å². The normalized spacial score (nSPS) is 26.1. The number of hydrogen-bond donors (Lipinski definition) is 0. The summed E-state index contributed by atoms with van der Waals surface area (Å²) in [4.78, 5) is 11.6. The van der Waals surface area contributed by atoms with Gasteiger partial charge in [-0.2, -0.15) is 0 Å². The minimum Gasteiger partial charge on any atom is -0.294 e. The van der Waals surface area contributed by atoms with Crippen LogP contribution < -0.4 is 0 Å². The maximum absolute atomic E-state index is 12.9. The van der Waals surface area contributed by atoms with Crippen LogP contribution >= 0.6 is 11.6 Å². The van der Waals surface area contributed by atoms with E-state index in [1.165, 1.54) is 19.1 Å². The largest absolute Gasteiger partial charge is 0.294 e. The topological polar surface area (TPSA) is 17.1 Å². The number of allylic oxidation sites excluding steroid dienone is 1. The molecule has 2 rings (SSSR count). The molecule has 90 valence electrons. The smallest absolute Gasteiger partial charge is 0.261 e. The molecule has 1 unspecified atom stereocenters. The predicted octanol–water partition coefficient (Wildman–Crippen LogP) is 3.97. The minimum absolute atomic E-state index is 0.357. The molecule has 17 heavy (non-hydrogen) atoms. The van der Waals surface area contributed by atoms with Crippen molar-refractivity contribution in [2.24, 2.45) is 5.41 Å². The molecule has 1 aromatic rings. The molecule has 1 aliphatic rings. The Labute approximate surface area is 103 Å². The number of alkyl halides is 2. The van der Waals surface area contributed by atoms with Crippen molar-refractivity contribution in [2.75, 3.05) is 0 Å². The molecule has 1 saturated carbocycles. The Kier molecular flexibility index (Phi) is 2.82. The maximum Gasteiger partial charge on any atom is 0.261 e. The van der Waals surface area contributed by atoms with Gasteiger partial charge in [-0.1, -0.05) is 29.8 Å². The van der Waals surface area contributed by atoms with Crippen LogP contribution in [0.25, 0.3) is 6.08 Å². The molecule has 0 radical (unpaired) electrons. The van der Waals surface area contributed by atoms with Crippen LogP contribution in [0.15, 0.2) is 30.3 Å². The lowest BCUT2D eigenvalue weighted by molar-refractivity contribution is -0.122. The maximum atomic E-state index is 12.9. The van der Waals surface area contributed by atoms with Gasteiger partial charge in [0.15, 0.2) is 5.78 Å². The molecular weight excluding hydrogens is 246 g/mol. The van der Waals surface area contributed by atoms with Crippen LogP contribution in [0.2, 0.25) is 5.02 Å². The first-order valence-electron chi connectivity index (χ1n) is 5.21. The van der Waals surface area contributed by atoms with Crippen molar-refractivity contribution in [3.05, 3.63) is 40.9 Å². The van der Waals surface area contributed by atoms with Gasteiger partial charge in [0.05, 0.1) is 5.41 Å². The standard InChI is InChI=1S/C13H11ClF2O/c1-12(8-13(12,15)16)11(17)7-4-9-2-5-10(14)6-3-9/h2-7H,8H2,1H3/b7-4+. The molecule has 1 aliphatic carbocycles. The average Bonchev–Trinajstić information content (AvgIpc) is 2.78. The number of ketones is 1. The molecule has 0 spiro atoms. The minimum atomic E-state index is -2.85. The first-order chi connectivity index (χ1) is 7.85. The van der Waals surface area contributed by atoms with Crippen molar-refractivity contribution in [3.63, 3.8) is 0 Å². The monoisotopic (exact) mass is 256 g/mol. The Bertz CT molecular complexity index is 479. The number of halogens is 3. The third-order valence-electron chi connectivity index (χ3n) is 3.10. The highest BCUT2D eigenvalue weighted by Gasteiger charge is 2.71. The fraction of sp³-hybridized carbons (Fsp3) is 0.308. The summed E-state index contributed by atoms with van der Waals surface area (Å²) >= 11 is 5.70. The van der Waals surface area contributed by atoms with Crippen molar-refractivity contribution in [1.29, 1.82) is 0 Å². The summed E-state index contributed by atoms with van der Waals surface area (Å²) in [6.07, 6.45) is 2.38. The molecule has 1 atom stereocenters. The van der Waals surface area contributed by atoms with E-state index in [0.717, 1.165) is 5.56 Å². The van der Waals surface area contributed by atoms with Crippen molar-refractivity contribution >= 4 is 23.5 Å². The van der Waals surface area contributed by atoms with Gasteiger partial charge in [0, 0.05) is 11.4 Å². The van der Waals surface area contributed by atoms with Gasteiger partial charge in [0.25, 0.3) is 5.92 Å². The van der Waals surface area contributed by atoms with Gasteiger partial charge in [-0.05, 0) is 30.7 Å². The van der Waals surface area contributed by atoms with Gasteiger partial charge in [0.1, 0.15) is 0 Å². The van der Waals surface area contributed by atoms with Crippen LogP contribution in [0.4, 0.5) is 8.78 Å². The first-order valence-corrected chi connectivity index (χ1v) is 5.59. The quantitative estimate of drug-likeness (QED) is 0.748. The predicted molar refractivity (Wildman–Crippen MR) is 63.2 cm³/mol. The van der Waals surface area contributed by atoms with Gasteiger partial charge in [0.2, 0.25) is 0 Å². The highest BCUT2D eigenvalue weighted by molar-refractivity contribution is 6.30. The van der Waals surface area contributed by atoms with Crippen molar-refractivity contribution in [2.45, 2.75) is 19.3 Å². The average molecular weight is 257 g/mol. The lowest BCUT2D eigenvalue weighted by atomic mass is 10.0. The number of carbonyl (C=O) groups excluding carboxylic acids is 1. The number of benzene rings is 1. The van der Waals surface area contributed by atoms with Crippen molar-refractivity contribution in [3.8, 4) is 0 Å². The second kappa shape index (κ2) is 3.91. The van der Waals surface area contributed by atoms with Crippen LogP contribution in [0.1, 0.15) is 18.9 Å². The number of rotatable bonds is 3. The van der Waals surface area contributed by atoms with Crippen molar-refractivity contribution < 1.29 is 13.6 Å². The van der Waals surface area contributed by atoms with E-state index in [1.54, 1.807) is 24.3 Å². The van der Waals surface area contributed by atoms with Gasteiger partial charge in [-0.3, -0.25) is 4.79 Å². The highest BCUT2D eigenvalue weighted by Crippen LogP contribution is 2.60. The van der Waals surface area contributed by atoms with E-state index in [1.807, 2.05) is 0 Å². The Morgan fingerprint density at radius 3 is 2.35 bits per heavy atom. The van der Waals surface area contributed by atoms with Crippen LogP contribution in [-0.4, -0.2) is 11.7 Å². The van der Waals surface area contributed by atoms with Gasteiger partial charge in [-0.25, -0.2) is 8.78 Å². The first kappa shape index (κ1) is 12.2.